The van der Waals surface area contributed by atoms with Crippen LogP contribution in [0.2, 0.25) is 0 Å². The quantitative estimate of drug-likeness (QED) is 0.872. The van der Waals surface area contributed by atoms with Gasteiger partial charge in [-0.25, -0.2) is 8.42 Å². The highest BCUT2D eigenvalue weighted by Crippen LogP contribution is 2.20. The summed E-state index contributed by atoms with van der Waals surface area (Å²) in [6.45, 7) is 4.35. The molecule has 2 aromatic carbocycles. The van der Waals surface area contributed by atoms with Gasteiger partial charge in [0.25, 0.3) is 5.91 Å². The lowest BCUT2D eigenvalue weighted by molar-refractivity contribution is 0.0939. The van der Waals surface area contributed by atoms with Gasteiger partial charge in [0.05, 0.1) is 17.5 Å². The Labute approximate surface area is 142 Å². The lowest BCUT2D eigenvalue weighted by atomic mass is 10.1. The minimum atomic E-state index is -3.35. The number of carbonyl (C=O) groups excluding carboxylic acids is 1. The molecule has 0 spiro atoms. The summed E-state index contributed by atoms with van der Waals surface area (Å²) in [6.07, 6.45) is 1.12. The van der Waals surface area contributed by atoms with Crippen molar-refractivity contribution in [2.75, 3.05) is 12.9 Å². The number of rotatable bonds is 6. The van der Waals surface area contributed by atoms with Crippen molar-refractivity contribution in [1.82, 2.24) is 5.32 Å². The molecule has 5 nitrogen and oxygen atoms in total. The van der Waals surface area contributed by atoms with Gasteiger partial charge < -0.3 is 10.1 Å². The molecule has 2 rings (SSSR count). The van der Waals surface area contributed by atoms with Gasteiger partial charge >= 0.3 is 0 Å². The van der Waals surface area contributed by atoms with Crippen molar-refractivity contribution in [2.24, 2.45) is 0 Å². The normalized spacial score (nSPS) is 12.5. The van der Waals surface area contributed by atoms with Crippen molar-refractivity contribution in [2.45, 2.75) is 24.8 Å². The maximum Gasteiger partial charge on any atom is 0.251 e. The predicted molar refractivity (Wildman–Crippen MR) is 93.0 cm³/mol. The third kappa shape index (κ3) is 4.58. The van der Waals surface area contributed by atoms with E-state index in [1.54, 1.807) is 12.1 Å². The first-order valence-corrected chi connectivity index (χ1v) is 9.54. The van der Waals surface area contributed by atoms with E-state index in [4.69, 9.17) is 4.74 Å². The molecule has 0 bridgehead atoms. The number of benzene rings is 2. The average molecular weight is 347 g/mol. The molecule has 2 aromatic rings. The molecule has 1 amide bonds. The Bertz CT molecular complexity index is 830. The lowest BCUT2D eigenvalue weighted by Gasteiger charge is -2.16. The summed E-state index contributed by atoms with van der Waals surface area (Å²) in [5.74, 6) is 0.421. The van der Waals surface area contributed by atoms with Gasteiger partial charge in [-0.05, 0) is 49.7 Å². The van der Waals surface area contributed by atoms with Crippen LogP contribution in [0.1, 0.15) is 35.8 Å². The monoisotopic (exact) mass is 347 g/mol. The molecule has 0 saturated heterocycles. The Morgan fingerprint density at radius 3 is 2.54 bits per heavy atom. The first-order chi connectivity index (χ1) is 11.3. The Hall–Kier alpha value is -2.34. The van der Waals surface area contributed by atoms with E-state index in [9.17, 15) is 13.2 Å². The molecule has 128 valence electrons. The number of ether oxygens (including phenoxy) is 1. The van der Waals surface area contributed by atoms with Gasteiger partial charge in [-0.15, -0.1) is 0 Å². The van der Waals surface area contributed by atoms with E-state index >= 15 is 0 Å². The molecule has 0 aliphatic carbocycles. The number of carbonyl (C=O) groups is 1. The van der Waals surface area contributed by atoms with Crippen molar-refractivity contribution in [3.8, 4) is 5.75 Å². The van der Waals surface area contributed by atoms with Crippen LogP contribution < -0.4 is 10.1 Å². The highest BCUT2D eigenvalue weighted by molar-refractivity contribution is 7.90. The van der Waals surface area contributed by atoms with E-state index in [0.717, 1.165) is 17.6 Å². The fourth-order valence-corrected chi connectivity index (χ4v) is 2.94. The fourth-order valence-electron chi connectivity index (χ4n) is 2.27. The molecule has 0 aliphatic rings. The van der Waals surface area contributed by atoms with Crippen LogP contribution in [0.5, 0.6) is 5.75 Å². The van der Waals surface area contributed by atoms with Gasteiger partial charge in [0.1, 0.15) is 5.75 Å². The number of amides is 1. The highest BCUT2D eigenvalue weighted by Gasteiger charge is 2.14. The summed E-state index contributed by atoms with van der Waals surface area (Å²) in [5.41, 5.74) is 1.22. The van der Waals surface area contributed by atoms with E-state index in [2.05, 4.69) is 5.32 Å². The van der Waals surface area contributed by atoms with Crippen LogP contribution in [0.15, 0.2) is 53.4 Å². The molecule has 1 unspecified atom stereocenters. The summed E-state index contributed by atoms with van der Waals surface area (Å²) in [7, 11) is -3.35. The maximum atomic E-state index is 12.4. The molecule has 6 heteroatoms. The number of hydrogen-bond donors (Lipinski definition) is 1. The molecule has 0 heterocycles. The number of nitrogens with one attached hydrogen (secondary N) is 1. The molecule has 0 fully saturated rings. The summed E-state index contributed by atoms with van der Waals surface area (Å²) >= 11 is 0. The molecule has 0 aliphatic heterocycles. The van der Waals surface area contributed by atoms with Crippen molar-refractivity contribution < 1.29 is 17.9 Å². The first kappa shape index (κ1) is 18.0. The van der Waals surface area contributed by atoms with Crippen LogP contribution in [-0.2, 0) is 9.84 Å². The first-order valence-electron chi connectivity index (χ1n) is 7.65. The van der Waals surface area contributed by atoms with Crippen LogP contribution in [0, 0.1) is 0 Å². The number of sulfone groups is 1. The third-order valence-corrected chi connectivity index (χ3v) is 4.65. The Kier molecular flexibility index (Phi) is 5.62. The minimum Gasteiger partial charge on any atom is -0.494 e. The fraction of sp³-hybridized carbons (Fsp3) is 0.278. The molecule has 24 heavy (non-hydrogen) atoms. The van der Waals surface area contributed by atoms with Crippen LogP contribution in [0.25, 0.3) is 0 Å². The Balaban J connectivity index is 2.16. The van der Waals surface area contributed by atoms with Gasteiger partial charge in [0.2, 0.25) is 0 Å². The van der Waals surface area contributed by atoms with Crippen molar-refractivity contribution in [1.29, 1.82) is 0 Å². The average Bonchev–Trinajstić information content (AvgIpc) is 2.54. The summed E-state index contributed by atoms with van der Waals surface area (Å²) in [6, 6.07) is 13.3. The predicted octanol–water partition coefficient (Wildman–Crippen LogP) is 2.98. The maximum absolute atomic E-state index is 12.4. The van der Waals surface area contributed by atoms with Gasteiger partial charge in [0, 0.05) is 11.8 Å². The molecule has 1 N–H and O–H groups in total. The van der Waals surface area contributed by atoms with Crippen LogP contribution in [0.3, 0.4) is 0 Å². The molecule has 0 aromatic heterocycles. The van der Waals surface area contributed by atoms with Crippen LogP contribution >= 0.6 is 0 Å². The lowest BCUT2D eigenvalue weighted by Crippen LogP contribution is -2.26. The zero-order chi connectivity index (χ0) is 17.7. The van der Waals surface area contributed by atoms with Crippen molar-refractivity contribution >= 4 is 15.7 Å². The molecular formula is C18H21NO4S. The second-order valence-electron chi connectivity index (χ2n) is 5.50. The van der Waals surface area contributed by atoms with Crippen molar-refractivity contribution in [3.05, 3.63) is 59.7 Å². The minimum absolute atomic E-state index is 0.126. The number of hydrogen-bond acceptors (Lipinski definition) is 4. The second kappa shape index (κ2) is 7.49. The standard InChI is InChI=1S/C18H21NO4S/c1-4-23-16-9-5-7-14(11-16)13(2)19-18(20)15-8-6-10-17(12-15)24(3,21)22/h5-13H,4H2,1-3H3,(H,19,20). The molecule has 0 radical (unpaired) electrons. The van der Waals surface area contributed by atoms with Gasteiger partial charge in [-0.1, -0.05) is 18.2 Å². The molecule has 0 saturated carbocycles. The van der Waals surface area contributed by atoms with E-state index in [-0.39, 0.29) is 16.8 Å². The van der Waals surface area contributed by atoms with Gasteiger partial charge in [-0.3, -0.25) is 4.79 Å². The molecular weight excluding hydrogens is 326 g/mol. The van der Waals surface area contributed by atoms with E-state index in [1.165, 1.54) is 12.1 Å². The zero-order valence-corrected chi connectivity index (χ0v) is 14.8. The molecule has 1 atom stereocenters. The topological polar surface area (TPSA) is 72.5 Å². The Morgan fingerprint density at radius 2 is 1.88 bits per heavy atom. The summed E-state index contributed by atoms with van der Waals surface area (Å²) in [4.78, 5) is 12.5. The van der Waals surface area contributed by atoms with Crippen molar-refractivity contribution in [3.63, 3.8) is 0 Å². The van der Waals surface area contributed by atoms with Crippen LogP contribution in [0.4, 0.5) is 0 Å². The van der Waals surface area contributed by atoms with E-state index in [1.807, 2.05) is 38.1 Å². The summed E-state index contributed by atoms with van der Waals surface area (Å²) < 4.78 is 28.7. The Morgan fingerprint density at radius 1 is 1.17 bits per heavy atom. The summed E-state index contributed by atoms with van der Waals surface area (Å²) in [5, 5.41) is 2.87. The third-order valence-electron chi connectivity index (χ3n) is 3.54. The SMILES string of the molecule is CCOc1cccc(C(C)NC(=O)c2cccc(S(C)(=O)=O)c2)c1. The second-order valence-corrected chi connectivity index (χ2v) is 7.52. The largest absolute Gasteiger partial charge is 0.494 e. The van der Waals surface area contributed by atoms with Crippen LogP contribution in [-0.4, -0.2) is 27.2 Å². The van der Waals surface area contributed by atoms with E-state index < -0.39 is 9.84 Å². The smallest absolute Gasteiger partial charge is 0.251 e. The van der Waals surface area contributed by atoms with E-state index in [0.29, 0.717) is 12.2 Å². The highest BCUT2D eigenvalue weighted by atomic mass is 32.2. The van der Waals surface area contributed by atoms with Gasteiger partial charge in [0.15, 0.2) is 9.84 Å². The zero-order valence-electron chi connectivity index (χ0n) is 13.9. The van der Waals surface area contributed by atoms with Gasteiger partial charge in [-0.2, -0.15) is 0 Å².